The van der Waals surface area contributed by atoms with Crippen molar-refractivity contribution in [2.45, 2.75) is 20.8 Å². The van der Waals surface area contributed by atoms with Crippen molar-refractivity contribution in [2.24, 2.45) is 0 Å². The fourth-order valence-corrected chi connectivity index (χ4v) is 1.72. The third-order valence-electron chi connectivity index (χ3n) is 2.55. The number of anilines is 2. The lowest BCUT2D eigenvalue weighted by atomic mass is 10.4. The first kappa shape index (κ1) is 13.3. The van der Waals surface area contributed by atoms with Crippen LogP contribution in [0.4, 0.5) is 11.9 Å². The summed E-state index contributed by atoms with van der Waals surface area (Å²) >= 11 is 0. The molecule has 0 atom stereocenters. The van der Waals surface area contributed by atoms with Crippen LogP contribution < -0.4 is 10.2 Å². The third-order valence-corrected chi connectivity index (χ3v) is 2.55. The van der Waals surface area contributed by atoms with Crippen molar-refractivity contribution in [3.8, 4) is 5.95 Å². The third kappa shape index (κ3) is 2.81. The Morgan fingerprint density at radius 3 is 2.47 bits per heavy atom. The van der Waals surface area contributed by atoms with Gasteiger partial charge < -0.3 is 10.2 Å². The predicted octanol–water partition coefficient (Wildman–Crippen LogP) is 1.17. The first-order valence-corrected chi connectivity index (χ1v) is 6.22. The molecule has 0 saturated carbocycles. The van der Waals surface area contributed by atoms with Gasteiger partial charge in [-0.1, -0.05) is 0 Å². The molecular formula is C12H19N7. The van der Waals surface area contributed by atoms with Gasteiger partial charge in [-0.3, -0.25) is 0 Å². The molecule has 0 aliphatic heterocycles. The van der Waals surface area contributed by atoms with E-state index in [1.165, 1.54) is 0 Å². The maximum Gasteiger partial charge on any atom is 0.257 e. The maximum atomic E-state index is 4.42. The van der Waals surface area contributed by atoms with Gasteiger partial charge >= 0.3 is 0 Å². The van der Waals surface area contributed by atoms with E-state index in [0.29, 0.717) is 17.8 Å². The first-order chi connectivity index (χ1) is 9.01. The summed E-state index contributed by atoms with van der Waals surface area (Å²) in [6, 6.07) is 1.99. The largest absolute Gasteiger partial charge is 0.354 e. The van der Waals surface area contributed by atoms with E-state index in [4.69, 9.17) is 0 Å². The molecule has 0 fully saturated rings. The summed E-state index contributed by atoms with van der Waals surface area (Å²) in [5, 5.41) is 7.51. The molecule has 0 aliphatic rings. The molecule has 102 valence electrons. The number of aryl methyl sites for hydroxylation is 2. The van der Waals surface area contributed by atoms with Crippen LogP contribution >= 0.6 is 0 Å². The zero-order chi connectivity index (χ0) is 14.0. The van der Waals surface area contributed by atoms with Crippen LogP contribution in [0.1, 0.15) is 18.3 Å². The molecule has 7 nitrogen and oxygen atoms in total. The van der Waals surface area contributed by atoms with Crippen LogP contribution in [-0.4, -0.2) is 45.4 Å². The van der Waals surface area contributed by atoms with E-state index in [2.05, 4.69) is 25.4 Å². The standard InChI is InChI=1S/C12H19N7/c1-6-13-10-14-11(18(4)5)16-12(15-10)19-9(3)7-8(2)17-19/h7H,6H2,1-5H3,(H,13,14,15,16). The molecule has 0 aromatic carbocycles. The molecular weight excluding hydrogens is 242 g/mol. The van der Waals surface area contributed by atoms with Gasteiger partial charge in [0, 0.05) is 26.3 Å². The Kier molecular flexibility index (Phi) is 3.64. The summed E-state index contributed by atoms with van der Waals surface area (Å²) in [4.78, 5) is 15.0. The molecule has 0 aliphatic carbocycles. The topological polar surface area (TPSA) is 71.8 Å². The average molecular weight is 261 g/mol. The van der Waals surface area contributed by atoms with Crippen molar-refractivity contribution in [1.29, 1.82) is 0 Å². The van der Waals surface area contributed by atoms with Gasteiger partial charge in [0.1, 0.15) is 0 Å². The summed E-state index contributed by atoms with van der Waals surface area (Å²) in [6.45, 7) is 6.68. The quantitative estimate of drug-likeness (QED) is 0.891. The van der Waals surface area contributed by atoms with Gasteiger partial charge in [0.05, 0.1) is 5.69 Å². The molecule has 19 heavy (non-hydrogen) atoms. The average Bonchev–Trinajstić information content (AvgIpc) is 2.68. The van der Waals surface area contributed by atoms with Gasteiger partial charge in [-0.05, 0) is 26.8 Å². The van der Waals surface area contributed by atoms with Gasteiger partial charge in [-0.2, -0.15) is 20.1 Å². The summed E-state index contributed by atoms with van der Waals surface area (Å²) in [5.74, 6) is 1.69. The van der Waals surface area contributed by atoms with Crippen LogP contribution in [0.3, 0.4) is 0 Å². The van der Waals surface area contributed by atoms with Crippen molar-refractivity contribution in [3.05, 3.63) is 17.5 Å². The van der Waals surface area contributed by atoms with Crippen LogP contribution in [0.25, 0.3) is 5.95 Å². The zero-order valence-corrected chi connectivity index (χ0v) is 12.0. The molecule has 7 heteroatoms. The summed E-state index contributed by atoms with van der Waals surface area (Å²) in [5.41, 5.74) is 1.94. The van der Waals surface area contributed by atoms with Crippen LogP contribution in [0.15, 0.2) is 6.07 Å². The molecule has 2 heterocycles. The number of aromatic nitrogens is 5. The van der Waals surface area contributed by atoms with Crippen molar-refractivity contribution in [3.63, 3.8) is 0 Å². The van der Waals surface area contributed by atoms with E-state index in [-0.39, 0.29) is 0 Å². The summed E-state index contributed by atoms with van der Waals surface area (Å²) < 4.78 is 1.73. The van der Waals surface area contributed by atoms with Gasteiger partial charge in [0.25, 0.3) is 5.95 Å². The minimum Gasteiger partial charge on any atom is -0.354 e. The molecule has 2 rings (SSSR count). The Hall–Kier alpha value is -2.18. The fraction of sp³-hybridized carbons (Fsp3) is 0.500. The van der Waals surface area contributed by atoms with E-state index in [9.17, 15) is 0 Å². The number of hydrogen-bond acceptors (Lipinski definition) is 6. The highest BCUT2D eigenvalue weighted by Crippen LogP contribution is 2.13. The smallest absolute Gasteiger partial charge is 0.257 e. The van der Waals surface area contributed by atoms with Crippen molar-refractivity contribution in [2.75, 3.05) is 30.9 Å². The molecule has 0 radical (unpaired) electrons. The second kappa shape index (κ2) is 5.21. The molecule has 0 amide bonds. The summed E-state index contributed by atoms with van der Waals surface area (Å²) in [7, 11) is 3.80. The second-order valence-corrected chi connectivity index (χ2v) is 4.52. The van der Waals surface area contributed by atoms with Crippen molar-refractivity contribution in [1.82, 2.24) is 24.7 Å². The lowest BCUT2D eigenvalue weighted by Crippen LogP contribution is -2.18. The van der Waals surface area contributed by atoms with Crippen LogP contribution in [0, 0.1) is 13.8 Å². The van der Waals surface area contributed by atoms with Crippen LogP contribution in [-0.2, 0) is 0 Å². The van der Waals surface area contributed by atoms with E-state index in [1.807, 2.05) is 45.8 Å². The normalized spacial score (nSPS) is 10.6. The monoisotopic (exact) mass is 261 g/mol. The molecule has 0 spiro atoms. The SMILES string of the molecule is CCNc1nc(N(C)C)nc(-n2nc(C)cc2C)n1. The van der Waals surface area contributed by atoms with Crippen molar-refractivity contribution >= 4 is 11.9 Å². The van der Waals surface area contributed by atoms with E-state index >= 15 is 0 Å². The number of nitrogens with zero attached hydrogens (tertiary/aromatic N) is 6. The minimum absolute atomic E-state index is 0.528. The molecule has 2 aromatic heterocycles. The Bertz CT molecular complexity index is 573. The number of hydrogen-bond donors (Lipinski definition) is 1. The highest BCUT2D eigenvalue weighted by molar-refractivity contribution is 5.39. The second-order valence-electron chi connectivity index (χ2n) is 4.52. The van der Waals surface area contributed by atoms with E-state index < -0.39 is 0 Å². The van der Waals surface area contributed by atoms with Gasteiger partial charge in [0.2, 0.25) is 11.9 Å². The number of rotatable bonds is 4. The predicted molar refractivity (Wildman–Crippen MR) is 74.9 cm³/mol. The van der Waals surface area contributed by atoms with Crippen LogP contribution in [0.5, 0.6) is 0 Å². The Balaban J connectivity index is 2.52. The number of nitrogens with one attached hydrogen (secondary N) is 1. The van der Waals surface area contributed by atoms with E-state index in [1.54, 1.807) is 4.68 Å². The minimum atomic E-state index is 0.528. The first-order valence-electron chi connectivity index (χ1n) is 6.22. The van der Waals surface area contributed by atoms with Gasteiger partial charge in [-0.25, -0.2) is 4.68 Å². The highest BCUT2D eigenvalue weighted by Gasteiger charge is 2.12. The lowest BCUT2D eigenvalue weighted by Gasteiger charge is -2.13. The van der Waals surface area contributed by atoms with Gasteiger partial charge in [-0.15, -0.1) is 0 Å². The van der Waals surface area contributed by atoms with Crippen LogP contribution in [0.2, 0.25) is 0 Å². The lowest BCUT2D eigenvalue weighted by molar-refractivity contribution is 0.760. The molecule has 0 bridgehead atoms. The Morgan fingerprint density at radius 2 is 1.95 bits per heavy atom. The molecule has 0 saturated heterocycles. The van der Waals surface area contributed by atoms with Gasteiger partial charge in [0.15, 0.2) is 0 Å². The van der Waals surface area contributed by atoms with E-state index in [0.717, 1.165) is 17.9 Å². The maximum absolute atomic E-state index is 4.42. The van der Waals surface area contributed by atoms with Crippen molar-refractivity contribution < 1.29 is 0 Å². The molecule has 1 N–H and O–H groups in total. The zero-order valence-electron chi connectivity index (χ0n) is 12.0. The highest BCUT2D eigenvalue weighted by atomic mass is 15.4. The summed E-state index contributed by atoms with van der Waals surface area (Å²) in [6.07, 6.45) is 0. The Morgan fingerprint density at radius 1 is 1.21 bits per heavy atom. The fourth-order valence-electron chi connectivity index (χ4n) is 1.72. The molecule has 0 unspecified atom stereocenters. The molecule has 2 aromatic rings. The Labute approximate surface area is 112 Å².